The molecule has 0 amide bonds. The molecule has 0 atom stereocenters. The van der Waals surface area contributed by atoms with Gasteiger partial charge in [-0.05, 0) is 0 Å². The molecule has 2 rings (SSSR count). The third-order valence-corrected chi connectivity index (χ3v) is 2.05. The monoisotopic (exact) mass is 213 g/mol. The van der Waals surface area contributed by atoms with Crippen molar-refractivity contribution in [2.24, 2.45) is 0 Å². The topological polar surface area (TPSA) is 67.6 Å². The van der Waals surface area contributed by atoms with Crippen molar-refractivity contribution in [1.29, 1.82) is 0 Å². The van der Waals surface area contributed by atoms with Crippen LogP contribution in [-0.2, 0) is 0 Å². The van der Waals surface area contributed by atoms with Gasteiger partial charge in [0.05, 0.1) is 0 Å². The standard InChI is InChI=1S/C6H5N4Se/c7-6-9-4-3(1-2-8-4)5(11)10-6/h1-2H,(H3,7,8,9,10). The number of aromatic nitrogens is 3. The Morgan fingerprint density at radius 1 is 1.45 bits per heavy atom. The molecule has 0 saturated carbocycles. The van der Waals surface area contributed by atoms with Crippen LogP contribution >= 0.6 is 0 Å². The molecule has 11 heavy (non-hydrogen) atoms. The van der Waals surface area contributed by atoms with Gasteiger partial charge >= 0.3 is 70.5 Å². The SMILES string of the molecule is Nc1nc([Se])c2cc[nH]c2n1. The van der Waals surface area contributed by atoms with Gasteiger partial charge in [-0.2, -0.15) is 0 Å². The Labute approximate surface area is 71.0 Å². The average Bonchev–Trinajstić information content (AvgIpc) is 2.34. The van der Waals surface area contributed by atoms with E-state index in [1.807, 2.05) is 6.07 Å². The van der Waals surface area contributed by atoms with Crippen LogP contribution in [0, 0.1) is 0 Å². The molecule has 0 spiro atoms. The van der Waals surface area contributed by atoms with Crippen LogP contribution in [0.1, 0.15) is 0 Å². The van der Waals surface area contributed by atoms with E-state index in [2.05, 4.69) is 31.0 Å². The summed E-state index contributed by atoms with van der Waals surface area (Å²) < 4.78 is 0.786. The predicted molar refractivity (Wildman–Crippen MR) is 43.7 cm³/mol. The third kappa shape index (κ3) is 0.982. The summed E-state index contributed by atoms with van der Waals surface area (Å²) in [7, 11) is 0. The molecule has 2 aromatic rings. The molecular formula is C6H5N4Se. The molecule has 5 heteroatoms. The zero-order chi connectivity index (χ0) is 7.84. The molecule has 0 saturated heterocycles. The minimum absolute atomic E-state index is 0.286. The van der Waals surface area contributed by atoms with Crippen LogP contribution in [0.15, 0.2) is 12.3 Å². The molecule has 2 heterocycles. The zero-order valence-corrected chi connectivity index (χ0v) is 7.25. The van der Waals surface area contributed by atoms with Crippen LogP contribution in [-0.4, -0.2) is 31.0 Å². The van der Waals surface area contributed by atoms with Gasteiger partial charge in [-0.3, -0.25) is 0 Å². The molecule has 0 aliphatic carbocycles. The first-order valence-corrected chi connectivity index (χ1v) is 3.90. The molecule has 0 aliphatic heterocycles. The van der Waals surface area contributed by atoms with E-state index < -0.39 is 0 Å². The third-order valence-electron chi connectivity index (χ3n) is 1.40. The van der Waals surface area contributed by atoms with Crippen molar-refractivity contribution in [3.63, 3.8) is 0 Å². The molecule has 3 N–H and O–H groups in total. The second-order valence-electron chi connectivity index (χ2n) is 2.13. The molecule has 55 valence electrons. The van der Waals surface area contributed by atoms with Gasteiger partial charge in [0.15, 0.2) is 0 Å². The summed E-state index contributed by atoms with van der Waals surface area (Å²) in [5.74, 6) is 0.286. The van der Waals surface area contributed by atoms with Crippen LogP contribution in [0.2, 0.25) is 0 Å². The van der Waals surface area contributed by atoms with Gasteiger partial charge in [0, 0.05) is 0 Å². The van der Waals surface area contributed by atoms with Gasteiger partial charge < -0.3 is 0 Å². The van der Waals surface area contributed by atoms with Crippen LogP contribution in [0.4, 0.5) is 5.95 Å². The summed E-state index contributed by atoms with van der Waals surface area (Å²) in [6.45, 7) is 0. The number of H-pyrrole nitrogens is 1. The van der Waals surface area contributed by atoms with Gasteiger partial charge in [-0.25, -0.2) is 0 Å². The van der Waals surface area contributed by atoms with Gasteiger partial charge in [-0.1, -0.05) is 0 Å². The molecule has 0 bridgehead atoms. The molecule has 4 nitrogen and oxygen atoms in total. The van der Waals surface area contributed by atoms with Crippen molar-refractivity contribution in [3.8, 4) is 0 Å². The van der Waals surface area contributed by atoms with Crippen molar-refractivity contribution < 1.29 is 0 Å². The molecule has 0 unspecified atom stereocenters. The normalized spacial score (nSPS) is 10.5. The summed E-state index contributed by atoms with van der Waals surface area (Å²) in [5.41, 5.74) is 6.19. The van der Waals surface area contributed by atoms with E-state index in [-0.39, 0.29) is 5.95 Å². The van der Waals surface area contributed by atoms with E-state index >= 15 is 0 Å². The van der Waals surface area contributed by atoms with Gasteiger partial charge in [-0.15, -0.1) is 0 Å². The summed E-state index contributed by atoms with van der Waals surface area (Å²) >= 11 is 2.82. The number of hydrogen-bond donors (Lipinski definition) is 2. The first kappa shape index (κ1) is 6.64. The Balaban J connectivity index is 2.91. The van der Waals surface area contributed by atoms with Crippen molar-refractivity contribution in [1.82, 2.24) is 15.0 Å². The van der Waals surface area contributed by atoms with E-state index in [0.717, 1.165) is 15.6 Å². The number of nitrogen functional groups attached to an aromatic ring is 1. The molecule has 2 aromatic heterocycles. The predicted octanol–water partition coefficient (Wildman–Crippen LogP) is -0.666. The molecule has 0 fully saturated rings. The summed E-state index contributed by atoms with van der Waals surface area (Å²) in [4.78, 5) is 10.9. The maximum atomic E-state index is 5.42. The van der Waals surface area contributed by atoms with Gasteiger partial charge in [0.25, 0.3) is 0 Å². The Hall–Kier alpha value is -1.06. The molecule has 0 aromatic carbocycles. The molecule has 0 aliphatic rings. The van der Waals surface area contributed by atoms with E-state index in [0.29, 0.717) is 0 Å². The second-order valence-corrected chi connectivity index (χ2v) is 2.94. The fourth-order valence-corrected chi connectivity index (χ4v) is 1.47. The van der Waals surface area contributed by atoms with Crippen LogP contribution in [0.3, 0.4) is 0 Å². The number of nitrogens with one attached hydrogen (secondary N) is 1. The fraction of sp³-hybridized carbons (Fsp3) is 0. The van der Waals surface area contributed by atoms with Crippen molar-refractivity contribution in [2.75, 3.05) is 5.73 Å². The summed E-state index contributed by atoms with van der Waals surface area (Å²) in [5, 5.41) is 0.971. The average molecular weight is 212 g/mol. The van der Waals surface area contributed by atoms with E-state index in [1.54, 1.807) is 6.20 Å². The molecular weight excluding hydrogens is 207 g/mol. The fourth-order valence-electron chi connectivity index (χ4n) is 0.930. The first-order chi connectivity index (χ1) is 5.27. The van der Waals surface area contributed by atoms with Crippen molar-refractivity contribution >= 4 is 37.6 Å². The maximum absolute atomic E-state index is 5.42. The Bertz CT molecular complexity index is 394. The number of nitrogens with zero attached hydrogens (tertiary/aromatic N) is 2. The number of aromatic amines is 1. The summed E-state index contributed by atoms with van der Waals surface area (Å²) in [6.07, 6.45) is 1.81. The number of anilines is 1. The molecule has 1 radical (unpaired) electrons. The van der Waals surface area contributed by atoms with Gasteiger partial charge in [0.2, 0.25) is 0 Å². The number of fused-ring (bicyclic) bond motifs is 1. The zero-order valence-electron chi connectivity index (χ0n) is 5.53. The number of hydrogen-bond acceptors (Lipinski definition) is 3. The van der Waals surface area contributed by atoms with Crippen molar-refractivity contribution in [2.45, 2.75) is 0 Å². The quantitative estimate of drug-likeness (QED) is 0.569. The van der Waals surface area contributed by atoms with Crippen LogP contribution in [0.25, 0.3) is 11.0 Å². The van der Waals surface area contributed by atoms with E-state index in [4.69, 9.17) is 5.73 Å². The second kappa shape index (κ2) is 2.22. The van der Waals surface area contributed by atoms with Gasteiger partial charge in [0.1, 0.15) is 0 Å². The first-order valence-electron chi connectivity index (χ1n) is 3.05. The minimum atomic E-state index is 0.286. The number of nitrogens with two attached hydrogens (primary N) is 1. The Morgan fingerprint density at radius 3 is 3.09 bits per heavy atom. The van der Waals surface area contributed by atoms with Crippen LogP contribution < -0.4 is 10.3 Å². The van der Waals surface area contributed by atoms with E-state index in [9.17, 15) is 0 Å². The van der Waals surface area contributed by atoms with E-state index in [1.165, 1.54) is 0 Å². The number of rotatable bonds is 0. The van der Waals surface area contributed by atoms with Crippen molar-refractivity contribution in [3.05, 3.63) is 12.3 Å². The van der Waals surface area contributed by atoms with Crippen LogP contribution in [0.5, 0.6) is 0 Å². The summed E-state index contributed by atoms with van der Waals surface area (Å²) in [6, 6.07) is 1.90. The Kier molecular flexibility index (Phi) is 1.34. The Morgan fingerprint density at radius 2 is 2.27 bits per heavy atom.